The van der Waals surface area contributed by atoms with Crippen molar-refractivity contribution in [3.05, 3.63) is 46.1 Å². The molecular formula is C17H17BrO2. The number of fused-ring (bicyclic) bond motifs is 1. The van der Waals surface area contributed by atoms with E-state index in [0.29, 0.717) is 5.76 Å². The quantitative estimate of drug-likeness (QED) is 0.664. The molecule has 0 N–H and O–H groups in total. The minimum Gasteiger partial charge on any atom is -0.451 e. The molecule has 0 saturated heterocycles. The third-order valence-electron chi connectivity index (χ3n) is 3.80. The second-order valence-corrected chi connectivity index (χ2v) is 6.13. The Morgan fingerprint density at radius 2 is 2.00 bits per heavy atom. The molecular weight excluding hydrogens is 316 g/mol. The predicted octanol–water partition coefficient (Wildman–Crippen LogP) is 5.66. The first-order valence-electron chi connectivity index (χ1n) is 7.17. The summed E-state index contributed by atoms with van der Waals surface area (Å²) >= 11 is 3.46. The highest BCUT2D eigenvalue weighted by molar-refractivity contribution is 9.10. The maximum Gasteiger partial charge on any atom is 0.223 e. The Kier molecular flexibility index (Phi) is 4.06. The largest absolute Gasteiger partial charge is 0.451 e. The maximum absolute atomic E-state index is 12.6. The minimum atomic E-state index is 0.0509. The first-order valence-corrected chi connectivity index (χ1v) is 7.97. The Morgan fingerprint density at radius 3 is 2.85 bits per heavy atom. The number of Topliss-reactive ketones (excluding diaryl/α,β-unsaturated/α-hetero) is 1. The summed E-state index contributed by atoms with van der Waals surface area (Å²) in [4.78, 5) is 12.6. The Labute approximate surface area is 127 Å². The van der Waals surface area contributed by atoms with Gasteiger partial charge in [-0.3, -0.25) is 4.79 Å². The van der Waals surface area contributed by atoms with Crippen LogP contribution in [0.1, 0.15) is 49.1 Å². The van der Waals surface area contributed by atoms with Crippen molar-refractivity contribution in [1.82, 2.24) is 0 Å². The van der Waals surface area contributed by atoms with Crippen molar-refractivity contribution in [2.45, 2.75) is 38.5 Å². The second-order valence-electron chi connectivity index (χ2n) is 5.28. The summed E-state index contributed by atoms with van der Waals surface area (Å²) in [7, 11) is 0. The van der Waals surface area contributed by atoms with Gasteiger partial charge in [0.05, 0.1) is 4.47 Å². The predicted molar refractivity (Wildman–Crippen MR) is 84.0 cm³/mol. The number of ketones is 1. The van der Waals surface area contributed by atoms with E-state index < -0.39 is 0 Å². The summed E-state index contributed by atoms with van der Waals surface area (Å²) in [6.45, 7) is 0. The van der Waals surface area contributed by atoms with E-state index in [1.54, 1.807) is 0 Å². The zero-order valence-corrected chi connectivity index (χ0v) is 12.9. The van der Waals surface area contributed by atoms with E-state index in [1.165, 1.54) is 19.3 Å². The molecule has 1 aliphatic rings. The van der Waals surface area contributed by atoms with E-state index in [0.717, 1.165) is 40.3 Å². The molecule has 1 aromatic heterocycles. The zero-order chi connectivity index (χ0) is 13.9. The van der Waals surface area contributed by atoms with Crippen LogP contribution in [0.5, 0.6) is 0 Å². The Balaban J connectivity index is 1.93. The molecule has 2 aromatic rings. The SMILES string of the molecule is O=C(/C1=C/CCCCCC1)c1cc2cccc(Br)c2o1. The Morgan fingerprint density at radius 1 is 1.15 bits per heavy atom. The lowest BCUT2D eigenvalue weighted by molar-refractivity contribution is 0.100. The normalized spacial score (nSPS) is 19.1. The highest BCUT2D eigenvalue weighted by Crippen LogP contribution is 2.29. The number of allylic oxidation sites excluding steroid dienone is 2. The number of furan rings is 1. The fourth-order valence-electron chi connectivity index (χ4n) is 2.70. The van der Waals surface area contributed by atoms with Gasteiger partial charge in [-0.25, -0.2) is 0 Å². The number of halogens is 1. The number of rotatable bonds is 2. The first kappa shape index (κ1) is 13.6. The standard InChI is InChI=1S/C17H17BrO2/c18-14-10-6-9-13-11-15(20-17(13)14)16(19)12-7-4-2-1-3-5-8-12/h6-7,9-11H,1-5,8H2/b12-7+. The average molecular weight is 333 g/mol. The molecule has 1 aliphatic carbocycles. The van der Waals surface area contributed by atoms with Gasteiger partial charge < -0.3 is 4.42 Å². The molecule has 1 aromatic carbocycles. The van der Waals surface area contributed by atoms with E-state index in [2.05, 4.69) is 22.0 Å². The van der Waals surface area contributed by atoms with Crippen LogP contribution in [0.3, 0.4) is 0 Å². The van der Waals surface area contributed by atoms with Gasteiger partial charge in [-0.05, 0) is 59.3 Å². The van der Waals surface area contributed by atoms with Crippen molar-refractivity contribution in [3.8, 4) is 0 Å². The van der Waals surface area contributed by atoms with E-state index in [4.69, 9.17) is 4.42 Å². The van der Waals surface area contributed by atoms with Crippen LogP contribution in [0.4, 0.5) is 0 Å². The topological polar surface area (TPSA) is 30.2 Å². The summed E-state index contributed by atoms with van der Waals surface area (Å²) in [6.07, 6.45) is 8.75. The Bertz CT molecular complexity index is 667. The van der Waals surface area contributed by atoms with Gasteiger partial charge >= 0.3 is 0 Å². The number of hydrogen-bond donors (Lipinski definition) is 0. The third kappa shape index (κ3) is 2.73. The van der Waals surface area contributed by atoms with Crippen LogP contribution in [0.15, 0.2) is 44.8 Å². The fraction of sp³-hybridized carbons (Fsp3) is 0.353. The van der Waals surface area contributed by atoms with Gasteiger partial charge in [-0.15, -0.1) is 0 Å². The monoisotopic (exact) mass is 332 g/mol. The van der Waals surface area contributed by atoms with E-state index in [-0.39, 0.29) is 5.78 Å². The van der Waals surface area contributed by atoms with E-state index in [9.17, 15) is 4.79 Å². The minimum absolute atomic E-state index is 0.0509. The molecule has 2 nitrogen and oxygen atoms in total. The number of carbonyl (C=O) groups is 1. The van der Waals surface area contributed by atoms with Crippen LogP contribution in [0.2, 0.25) is 0 Å². The maximum atomic E-state index is 12.6. The van der Waals surface area contributed by atoms with Crippen molar-refractivity contribution < 1.29 is 9.21 Å². The number of para-hydroxylation sites is 1. The van der Waals surface area contributed by atoms with Crippen LogP contribution in [0, 0.1) is 0 Å². The summed E-state index contributed by atoms with van der Waals surface area (Å²) < 4.78 is 6.64. The van der Waals surface area contributed by atoms with Crippen molar-refractivity contribution >= 4 is 32.7 Å². The van der Waals surface area contributed by atoms with Crippen molar-refractivity contribution in [2.75, 3.05) is 0 Å². The van der Waals surface area contributed by atoms with Crippen LogP contribution in [0.25, 0.3) is 11.0 Å². The number of benzene rings is 1. The molecule has 0 unspecified atom stereocenters. The molecule has 20 heavy (non-hydrogen) atoms. The molecule has 3 rings (SSSR count). The van der Waals surface area contributed by atoms with Crippen molar-refractivity contribution in [3.63, 3.8) is 0 Å². The number of hydrogen-bond acceptors (Lipinski definition) is 2. The smallest absolute Gasteiger partial charge is 0.223 e. The molecule has 1 heterocycles. The van der Waals surface area contributed by atoms with E-state index in [1.807, 2.05) is 24.3 Å². The van der Waals surface area contributed by atoms with Gasteiger partial charge in [0.15, 0.2) is 5.76 Å². The molecule has 0 atom stereocenters. The van der Waals surface area contributed by atoms with Gasteiger partial charge in [-0.2, -0.15) is 0 Å². The lowest BCUT2D eigenvalue weighted by atomic mass is 9.96. The molecule has 0 amide bonds. The summed E-state index contributed by atoms with van der Waals surface area (Å²) in [5.74, 6) is 0.508. The Hall–Kier alpha value is -1.35. The lowest BCUT2D eigenvalue weighted by Gasteiger charge is -2.08. The molecule has 0 saturated carbocycles. The fourth-order valence-corrected chi connectivity index (χ4v) is 3.16. The summed E-state index contributed by atoms with van der Waals surface area (Å²) in [5, 5.41) is 0.967. The molecule has 0 radical (unpaired) electrons. The van der Waals surface area contributed by atoms with E-state index >= 15 is 0 Å². The molecule has 0 aliphatic heterocycles. The molecule has 3 heteroatoms. The lowest BCUT2D eigenvalue weighted by Crippen LogP contribution is -2.04. The second kappa shape index (κ2) is 5.96. The highest BCUT2D eigenvalue weighted by atomic mass is 79.9. The number of carbonyl (C=O) groups excluding carboxylic acids is 1. The van der Waals surface area contributed by atoms with Crippen LogP contribution < -0.4 is 0 Å². The van der Waals surface area contributed by atoms with Gasteiger partial charge in [0.25, 0.3) is 0 Å². The van der Waals surface area contributed by atoms with Gasteiger partial charge in [0.1, 0.15) is 5.58 Å². The van der Waals surface area contributed by atoms with Crippen LogP contribution in [-0.2, 0) is 0 Å². The first-order chi connectivity index (χ1) is 9.75. The molecule has 0 spiro atoms. The van der Waals surface area contributed by atoms with Gasteiger partial charge in [0.2, 0.25) is 5.78 Å². The van der Waals surface area contributed by atoms with Gasteiger partial charge in [0, 0.05) is 5.39 Å². The summed E-state index contributed by atoms with van der Waals surface area (Å²) in [5.41, 5.74) is 1.67. The molecule has 0 bridgehead atoms. The molecule has 0 fully saturated rings. The van der Waals surface area contributed by atoms with Crippen molar-refractivity contribution in [2.24, 2.45) is 0 Å². The van der Waals surface area contributed by atoms with Crippen LogP contribution >= 0.6 is 15.9 Å². The third-order valence-corrected chi connectivity index (χ3v) is 4.43. The molecule has 104 valence electrons. The van der Waals surface area contributed by atoms with Gasteiger partial charge in [-0.1, -0.05) is 31.1 Å². The van der Waals surface area contributed by atoms with Crippen LogP contribution in [-0.4, -0.2) is 5.78 Å². The zero-order valence-electron chi connectivity index (χ0n) is 11.3. The average Bonchev–Trinajstić information content (AvgIpc) is 2.83. The highest BCUT2D eigenvalue weighted by Gasteiger charge is 2.18. The van der Waals surface area contributed by atoms with Crippen molar-refractivity contribution in [1.29, 1.82) is 0 Å². The summed E-state index contributed by atoms with van der Waals surface area (Å²) in [6, 6.07) is 7.69.